The fourth-order valence-electron chi connectivity index (χ4n) is 3.83. The lowest BCUT2D eigenvalue weighted by molar-refractivity contribution is -0.121. The third-order valence-corrected chi connectivity index (χ3v) is 7.20. The van der Waals surface area contributed by atoms with Crippen molar-refractivity contribution in [3.63, 3.8) is 0 Å². The van der Waals surface area contributed by atoms with Gasteiger partial charge in [-0.25, -0.2) is 8.42 Å². The van der Waals surface area contributed by atoms with Gasteiger partial charge in [-0.3, -0.25) is 9.59 Å². The van der Waals surface area contributed by atoms with Crippen LogP contribution in [0.15, 0.2) is 60.7 Å². The van der Waals surface area contributed by atoms with E-state index in [0.29, 0.717) is 18.7 Å². The van der Waals surface area contributed by atoms with Gasteiger partial charge in [-0.05, 0) is 31.5 Å². The molecule has 2 aromatic carbocycles. The van der Waals surface area contributed by atoms with E-state index >= 15 is 0 Å². The molecule has 0 aliphatic carbocycles. The molecular weight excluding hydrogens is 442 g/mol. The van der Waals surface area contributed by atoms with Gasteiger partial charge in [-0.15, -0.1) is 0 Å². The molecular formula is C24H31N3O5S. The van der Waals surface area contributed by atoms with E-state index in [9.17, 15) is 18.0 Å². The molecule has 0 bridgehead atoms. The van der Waals surface area contributed by atoms with Crippen LogP contribution in [0.25, 0.3) is 0 Å². The molecule has 2 N–H and O–H groups in total. The van der Waals surface area contributed by atoms with E-state index in [4.69, 9.17) is 4.74 Å². The van der Waals surface area contributed by atoms with Gasteiger partial charge in [-0.1, -0.05) is 48.5 Å². The first-order valence-corrected chi connectivity index (χ1v) is 12.7. The Bertz CT molecular complexity index is 1020. The summed E-state index contributed by atoms with van der Waals surface area (Å²) in [5, 5.41) is 5.59. The normalized spacial score (nSPS) is 20.1. The Morgan fingerprint density at radius 2 is 1.58 bits per heavy atom. The van der Waals surface area contributed by atoms with E-state index < -0.39 is 16.1 Å². The summed E-state index contributed by atoms with van der Waals surface area (Å²) in [6, 6.07) is 17.5. The zero-order valence-corrected chi connectivity index (χ0v) is 19.8. The Morgan fingerprint density at radius 1 is 1.00 bits per heavy atom. The molecule has 0 saturated carbocycles. The molecule has 2 aromatic rings. The topological polar surface area (TPSA) is 105 Å². The van der Waals surface area contributed by atoms with Crippen LogP contribution in [0.5, 0.6) is 0 Å². The first-order chi connectivity index (χ1) is 15.7. The second-order valence-electron chi connectivity index (χ2n) is 8.25. The highest BCUT2D eigenvalue weighted by Gasteiger charge is 2.30. The van der Waals surface area contributed by atoms with Crippen molar-refractivity contribution < 1.29 is 22.7 Å². The molecule has 3 unspecified atom stereocenters. The van der Waals surface area contributed by atoms with Crippen LogP contribution in [0.3, 0.4) is 0 Å². The van der Waals surface area contributed by atoms with Crippen LogP contribution in [0, 0.1) is 0 Å². The van der Waals surface area contributed by atoms with Crippen LogP contribution in [-0.4, -0.2) is 62.1 Å². The zero-order chi connectivity index (χ0) is 23.8. The monoisotopic (exact) mass is 473 g/mol. The smallest absolute Gasteiger partial charge is 0.251 e. The number of benzene rings is 2. The van der Waals surface area contributed by atoms with Gasteiger partial charge >= 0.3 is 0 Å². The number of morpholine rings is 1. The van der Waals surface area contributed by atoms with E-state index in [1.807, 2.05) is 50.2 Å². The third-order valence-electron chi connectivity index (χ3n) is 5.39. The van der Waals surface area contributed by atoms with Gasteiger partial charge in [-0.2, -0.15) is 4.31 Å². The summed E-state index contributed by atoms with van der Waals surface area (Å²) >= 11 is 0. The van der Waals surface area contributed by atoms with Crippen molar-refractivity contribution in [2.24, 2.45) is 0 Å². The summed E-state index contributed by atoms with van der Waals surface area (Å²) in [4.78, 5) is 25.3. The lowest BCUT2D eigenvalue weighted by Crippen LogP contribution is -2.49. The average Bonchev–Trinajstić information content (AvgIpc) is 2.79. The Morgan fingerprint density at radius 3 is 2.18 bits per heavy atom. The number of ether oxygens (including phenoxy) is 1. The molecule has 1 fully saturated rings. The largest absolute Gasteiger partial charge is 0.373 e. The first-order valence-electron chi connectivity index (χ1n) is 11.1. The summed E-state index contributed by atoms with van der Waals surface area (Å²) in [5.41, 5.74) is 1.29. The molecule has 8 nitrogen and oxygen atoms in total. The first kappa shape index (κ1) is 24.9. The minimum absolute atomic E-state index is 0.00454. The predicted molar refractivity (Wildman–Crippen MR) is 126 cm³/mol. The lowest BCUT2D eigenvalue weighted by atomic mass is 10.0. The van der Waals surface area contributed by atoms with Crippen molar-refractivity contribution in [3.05, 3.63) is 71.8 Å². The number of amides is 2. The van der Waals surface area contributed by atoms with Gasteiger partial charge in [0.15, 0.2) is 0 Å². The number of carbonyl (C=O) groups is 2. The summed E-state index contributed by atoms with van der Waals surface area (Å²) in [7, 11) is -3.51. The summed E-state index contributed by atoms with van der Waals surface area (Å²) < 4.78 is 32.3. The third kappa shape index (κ3) is 7.38. The molecule has 1 heterocycles. The number of hydrogen-bond donors (Lipinski definition) is 2. The van der Waals surface area contributed by atoms with Crippen LogP contribution in [0.1, 0.15) is 42.2 Å². The molecule has 33 heavy (non-hydrogen) atoms. The van der Waals surface area contributed by atoms with E-state index in [1.165, 1.54) is 4.31 Å². The van der Waals surface area contributed by atoms with Gasteiger partial charge in [0, 0.05) is 25.2 Å². The highest BCUT2D eigenvalue weighted by atomic mass is 32.2. The van der Waals surface area contributed by atoms with Gasteiger partial charge in [0.1, 0.15) is 0 Å². The van der Waals surface area contributed by atoms with Crippen LogP contribution in [0.4, 0.5) is 0 Å². The van der Waals surface area contributed by atoms with Gasteiger partial charge < -0.3 is 15.4 Å². The van der Waals surface area contributed by atoms with Crippen molar-refractivity contribution in [2.75, 3.05) is 25.4 Å². The molecule has 1 saturated heterocycles. The van der Waals surface area contributed by atoms with Crippen LogP contribution in [0.2, 0.25) is 0 Å². The van der Waals surface area contributed by atoms with Crippen molar-refractivity contribution >= 4 is 21.8 Å². The van der Waals surface area contributed by atoms with Crippen molar-refractivity contribution in [1.29, 1.82) is 0 Å². The zero-order valence-electron chi connectivity index (χ0n) is 18.9. The minimum atomic E-state index is -3.51. The molecule has 0 radical (unpaired) electrons. The number of rotatable bonds is 9. The quantitative estimate of drug-likeness (QED) is 0.580. The van der Waals surface area contributed by atoms with Gasteiger partial charge in [0.2, 0.25) is 15.9 Å². The number of sulfonamides is 1. The highest BCUT2D eigenvalue weighted by molar-refractivity contribution is 7.89. The molecule has 0 spiro atoms. The van der Waals surface area contributed by atoms with Crippen molar-refractivity contribution in [2.45, 2.75) is 38.5 Å². The minimum Gasteiger partial charge on any atom is -0.373 e. The van der Waals surface area contributed by atoms with Crippen LogP contribution >= 0.6 is 0 Å². The molecule has 3 atom stereocenters. The van der Waals surface area contributed by atoms with E-state index in [2.05, 4.69) is 10.6 Å². The number of carbonyl (C=O) groups excluding carboxylic acids is 2. The van der Waals surface area contributed by atoms with Gasteiger partial charge in [0.25, 0.3) is 5.91 Å². The molecule has 1 aliphatic rings. The second kappa shape index (κ2) is 11.4. The predicted octanol–water partition coefficient (Wildman–Crippen LogP) is 2.10. The fourth-order valence-corrected chi connectivity index (χ4v) is 5.32. The Labute approximate surface area is 195 Å². The maximum absolute atomic E-state index is 12.7. The number of hydrogen-bond acceptors (Lipinski definition) is 5. The molecule has 178 valence electrons. The Balaban J connectivity index is 1.57. The highest BCUT2D eigenvalue weighted by Crippen LogP contribution is 2.18. The van der Waals surface area contributed by atoms with E-state index in [1.54, 1.807) is 24.3 Å². The standard InChI is InChI=1S/C24H31N3O5S/c1-18-16-27(17-19(2)32-18)33(30,31)14-13-25-23(28)15-22(20-9-5-3-6-10-20)26-24(29)21-11-7-4-8-12-21/h3-12,18-19,22H,13-17H2,1-2H3,(H,25,28)(H,26,29). The number of nitrogens with one attached hydrogen (secondary N) is 2. The van der Waals surface area contributed by atoms with E-state index in [0.717, 1.165) is 5.56 Å². The fraction of sp³-hybridized carbons (Fsp3) is 0.417. The van der Waals surface area contributed by atoms with Gasteiger partial charge in [0.05, 0.1) is 30.4 Å². The van der Waals surface area contributed by atoms with E-state index in [-0.39, 0.29) is 42.7 Å². The van der Waals surface area contributed by atoms with Crippen LogP contribution in [-0.2, 0) is 19.6 Å². The molecule has 3 rings (SSSR count). The lowest BCUT2D eigenvalue weighted by Gasteiger charge is -2.34. The molecule has 2 amide bonds. The maximum Gasteiger partial charge on any atom is 0.251 e. The van der Waals surface area contributed by atoms with Crippen molar-refractivity contribution in [1.82, 2.24) is 14.9 Å². The summed E-state index contributed by atoms with van der Waals surface area (Å²) in [6.45, 7) is 4.29. The maximum atomic E-state index is 12.7. The summed E-state index contributed by atoms with van der Waals surface area (Å²) in [5.74, 6) is -0.809. The number of nitrogens with zero attached hydrogens (tertiary/aromatic N) is 1. The molecule has 0 aromatic heterocycles. The summed E-state index contributed by atoms with van der Waals surface area (Å²) in [6.07, 6.45) is -0.343. The van der Waals surface area contributed by atoms with Crippen LogP contribution < -0.4 is 10.6 Å². The average molecular weight is 474 g/mol. The molecule has 9 heteroatoms. The van der Waals surface area contributed by atoms with Crippen molar-refractivity contribution in [3.8, 4) is 0 Å². The SMILES string of the molecule is CC1CN(S(=O)(=O)CCNC(=O)CC(NC(=O)c2ccccc2)c2ccccc2)CC(C)O1. The second-order valence-corrected chi connectivity index (χ2v) is 10.3. The Kier molecular flexibility index (Phi) is 8.60. The molecule has 1 aliphatic heterocycles. The Hall–Kier alpha value is -2.75.